The third-order valence-electron chi connectivity index (χ3n) is 3.23. The van der Waals surface area contributed by atoms with Crippen LogP contribution in [-0.4, -0.2) is 25.4 Å². The Labute approximate surface area is 112 Å². The lowest BCUT2D eigenvalue weighted by Gasteiger charge is -2.18. The topological polar surface area (TPSA) is 70.2 Å². The summed E-state index contributed by atoms with van der Waals surface area (Å²) in [4.78, 5) is 23.2. The molecule has 1 unspecified atom stereocenters. The summed E-state index contributed by atoms with van der Waals surface area (Å²) in [7, 11) is 1.82. The number of hydrogen-bond donors (Lipinski definition) is 3. The van der Waals surface area contributed by atoms with Crippen LogP contribution in [0, 0.1) is 5.92 Å². The summed E-state index contributed by atoms with van der Waals surface area (Å²) in [5, 5.41) is 8.66. The number of rotatable bonds is 4. The molecule has 1 aromatic carbocycles. The van der Waals surface area contributed by atoms with E-state index in [0.717, 1.165) is 17.7 Å². The van der Waals surface area contributed by atoms with Gasteiger partial charge in [-0.3, -0.25) is 9.59 Å². The van der Waals surface area contributed by atoms with E-state index in [1.54, 1.807) is 0 Å². The average molecular weight is 261 g/mol. The van der Waals surface area contributed by atoms with Crippen molar-refractivity contribution in [1.82, 2.24) is 5.32 Å². The van der Waals surface area contributed by atoms with Gasteiger partial charge in [-0.05, 0) is 31.2 Å². The molecule has 5 heteroatoms. The highest BCUT2D eigenvalue weighted by Crippen LogP contribution is 2.26. The molecule has 1 aliphatic rings. The molecule has 0 radical (unpaired) electrons. The summed E-state index contributed by atoms with van der Waals surface area (Å²) in [6.07, 6.45) is 1.28. The summed E-state index contributed by atoms with van der Waals surface area (Å²) in [5.74, 6) is -0.105. The largest absolute Gasteiger partial charge is 0.326 e. The fraction of sp³-hybridized carbons (Fsp3) is 0.429. The second kappa shape index (κ2) is 5.84. The van der Waals surface area contributed by atoms with Gasteiger partial charge < -0.3 is 16.0 Å². The zero-order valence-electron chi connectivity index (χ0n) is 11.2. The Balaban J connectivity index is 2.08. The number of anilines is 2. The third kappa shape index (κ3) is 3.32. The van der Waals surface area contributed by atoms with Gasteiger partial charge in [0.1, 0.15) is 0 Å². The Morgan fingerprint density at radius 2 is 2.21 bits per heavy atom. The van der Waals surface area contributed by atoms with Gasteiger partial charge in [0.15, 0.2) is 0 Å². The molecule has 102 valence electrons. The second-order valence-electron chi connectivity index (χ2n) is 4.87. The molecule has 0 spiro atoms. The van der Waals surface area contributed by atoms with Gasteiger partial charge in [0.05, 0.1) is 0 Å². The molecule has 0 saturated heterocycles. The predicted molar refractivity (Wildman–Crippen MR) is 75.1 cm³/mol. The fourth-order valence-corrected chi connectivity index (χ4v) is 2.11. The van der Waals surface area contributed by atoms with E-state index in [1.165, 1.54) is 0 Å². The van der Waals surface area contributed by atoms with Crippen LogP contribution in [0.2, 0.25) is 0 Å². The molecule has 2 rings (SSSR count). The molecule has 19 heavy (non-hydrogen) atoms. The fourth-order valence-electron chi connectivity index (χ4n) is 2.11. The second-order valence-corrected chi connectivity index (χ2v) is 4.87. The quantitative estimate of drug-likeness (QED) is 0.766. The first-order chi connectivity index (χ1) is 9.10. The monoisotopic (exact) mass is 261 g/mol. The molecule has 0 saturated carbocycles. The molecule has 1 atom stereocenters. The van der Waals surface area contributed by atoms with Crippen molar-refractivity contribution in [3.8, 4) is 0 Å². The van der Waals surface area contributed by atoms with Crippen molar-refractivity contribution < 1.29 is 9.59 Å². The lowest BCUT2D eigenvalue weighted by Crippen LogP contribution is -2.28. The van der Waals surface area contributed by atoms with E-state index in [2.05, 4.69) is 16.0 Å². The van der Waals surface area contributed by atoms with Crippen molar-refractivity contribution >= 4 is 23.2 Å². The van der Waals surface area contributed by atoms with Gasteiger partial charge in [0, 0.05) is 30.3 Å². The summed E-state index contributed by atoms with van der Waals surface area (Å²) < 4.78 is 0. The van der Waals surface area contributed by atoms with Crippen LogP contribution >= 0.6 is 0 Å². The number of benzene rings is 1. The SMILES string of the molecule is CNCC(C)C(=O)Nc1ccc2c(c1)NC(=O)CC2. The molecule has 2 amide bonds. The van der Waals surface area contributed by atoms with Crippen LogP contribution in [-0.2, 0) is 16.0 Å². The molecule has 1 aliphatic heterocycles. The Hall–Kier alpha value is -1.88. The van der Waals surface area contributed by atoms with Gasteiger partial charge in [0.25, 0.3) is 0 Å². The molecule has 0 bridgehead atoms. The highest BCUT2D eigenvalue weighted by Gasteiger charge is 2.16. The molecule has 0 aliphatic carbocycles. The van der Waals surface area contributed by atoms with Gasteiger partial charge in [0.2, 0.25) is 11.8 Å². The van der Waals surface area contributed by atoms with Crippen molar-refractivity contribution in [1.29, 1.82) is 0 Å². The smallest absolute Gasteiger partial charge is 0.228 e. The van der Waals surface area contributed by atoms with Crippen molar-refractivity contribution in [3.05, 3.63) is 23.8 Å². The first kappa shape index (κ1) is 13.5. The van der Waals surface area contributed by atoms with Gasteiger partial charge in [-0.15, -0.1) is 0 Å². The number of fused-ring (bicyclic) bond motifs is 1. The number of carbonyl (C=O) groups excluding carboxylic acids is 2. The number of carbonyl (C=O) groups is 2. The van der Waals surface area contributed by atoms with E-state index >= 15 is 0 Å². The third-order valence-corrected chi connectivity index (χ3v) is 3.23. The first-order valence-corrected chi connectivity index (χ1v) is 6.48. The first-order valence-electron chi connectivity index (χ1n) is 6.48. The molecular weight excluding hydrogens is 242 g/mol. The molecule has 3 N–H and O–H groups in total. The van der Waals surface area contributed by atoms with Gasteiger partial charge in [-0.2, -0.15) is 0 Å². The number of amides is 2. The lowest BCUT2D eigenvalue weighted by molar-refractivity contribution is -0.119. The van der Waals surface area contributed by atoms with Gasteiger partial charge in [-0.25, -0.2) is 0 Å². The zero-order valence-corrected chi connectivity index (χ0v) is 11.2. The minimum atomic E-state index is -0.101. The predicted octanol–water partition coefficient (Wildman–Crippen LogP) is 1.37. The van der Waals surface area contributed by atoms with Crippen molar-refractivity contribution in [2.24, 2.45) is 5.92 Å². The maximum atomic E-state index is 11.9. The summed E-state index contributed by atoms with van der Waals surface area (Å²) in [5.41, 5.74) is 2.63. The molecule has 0 aromatic heterocycles. The minimum absolute atomic E-state index is 0.0273. The Morgan fingerprint density at radius 3 is 2.95 bits per heavy atom. The highest BCUT2D eigenvalue weighted by atomic mass is 16.2. The van der Waals surface area contributed by atoms with Crippen LogP contribution in [0.25, 0.3) is 0 Å². The average Bonchev–Trinajstić information content (AvgIpc) is 2.38. The molecule has 5 nitrogen and oxygen atoms in total. The standard InChI is InChI=1S/C14H19N3O2/c1-9(8-15-2)14(19)16-11-5-3-10-4-6-13(18)17-12(10)7-11/h3,5,7,9,15H,4,6,8H2,1-2H3,(H,16,19)(H,17,18). The number of hydrogen-bond acceptors (Lipinski definition) is 3. The maximum absolute atomic E-state index is 11.9. The van der Waals surface area contributed by atoms with Crippen LogP contribution in [0.15, 0.2) is 18.2 Å². The number of nitrogens with one attached hydrogen (secondary N) is 3. The summed E-state index contributed by atoms with van der Waals surface area (Å²) in [6.45, 7) is 2.50. The van der Waals surface area contributed by atoms with E-state index in [1.807, 2.05) is 32.2 Å². The van der Waals surface area contributed by atoms with E-state index in [4.69, 9.17) is 0 Å². The van der Waals surface area contributed by atoms with Gasteiger partial charge in [-0.1, -0.05) is 13.0 Å². The lowest BCUT2D eigenvalue weighted by atomic mass is 10.0. The van der Waals surface area contributed by atoms with Crippen LogP contribution < -0.4 is 16.0 Å². The minimum Gasteiger partial charge on any atom is -0.326 e. The molecule has 1 heterocycles. The Kier molecular flexibility index (Phi) is 4.16. The van der Waals surface area contributed by atoms with Gasteiger partial charge >= 0.3 is 0 Å². The van der Waals surface area contributed by atoms with Crippen LogP contribution in [0.3, 0.4) is 0 Å². The highest BCUT2D eigenvalue weighted by molar-refractivity contribution is 5.97. The van der Waals surface area contributed by atoms with Crippen LogP contribution in [0.1, 0.15) is 18.9 Å². The van der Waals surface area contributed by atoms with Crippen molar-refractivity contribution in [3.63, 3.8) is 0 Å². The van der Waals surface area contributed by atoms with Crippen molar-refractivity contribution in [2.45, 2.75) is 19.8 Å². The molecule has 0 fully saturated rings. The van der Waals surface area contributed by atoms with Crippen LogP contribution in [0.5, 0.6) is 0 Å². The van der Waals surface area contributed by atoms with E-state index in [9.17, 15) is 9.59 Å². The van der Waals surface area contributed by atoms with Crippen molar-refractivity contribution in [2.75, 3.05) is 24.2 Å². The molecule has 1 aromatic rings. The summed E-state index contributed by atoms with van der Waals surface area (Å²) in [6, 6.07) is 5.64. The van der Waals surface area contributed by atoms with Crippen LogP contribution in [0.4, 0.5) is 11.4 Å². The normalized spacial score (nSPS) is 15.4. The zero-order chi connectivity index (χ0) is 13.8. The Morgan fingerprint density at radius 1 is 1.42 bits per heavy atom. The molecular formula is C14H19N3O2. The Bertz CT molecular complexity index is 499. The van der Waals surface area contributed by atoms with E-state index in [0.29, 0.717) is 18.7 Å². The van der Waals surface area contributed by atoms with E-state index in [-0.39, 0.29) is 17.7 Å². The van der Waals surface area contributed by atoms with E-state index < -0.39 is 0 Å². The number of aryl methyl sites for hydroxylation is 1. The maximum Gasteiger partial charge on any atom is 0.228 e. The summed E-state index contributed by atoms with van der Waals surface area (Å²) >= 11 is 0.